The molecule has 0 aliphatic carbocycles. The first-order valence-electron chi connectivity index (χ1n) is 6.47. The van der Waals surface area contributed by atoms with Gasteiger partial charge in [0.25, 0.3) is 5.91 Å². The third-order valence-electron chi connectivity index (χ3n) is 2.85. The summed E-state index contributed by atoms with van der Waals surface area (Å²) in [6, 6.07) is 5.85. The van der Waals surface area contributed by atoms with Gasteiger partial charge in [-0.2, -0.15) is 0 Å². The van der Waals surface area contributed by atoms with Crippen molar-refractivity contribution in [3.63, 3.8) is 0 Å². The molecule has 1 amide bonds. The van der Waals surface area contributed by atoms with Crippen molar-refractivity contribution >= 4 is 48.9 Å². The summed E-state index contributed by atoms with van der Waals surface area (Å²) < 4.78 is 7.20. The van der Waals surface area contributed by atoms with Crippen molar-refractivity contribution in [2.45, 2.75) is 13.3 Å². The number of anilines is 1. The second-order valence-corrected chi connectivity index (χ2v) is 6.26. The molecule has 0 bridgehead atoms. The van der Waals surface area contributed by atoms with Gasteiger partial charge in [-0.25, -0.2) is 0 Å². The van der Waals surface area contributed by atoms with Crippen LogP contribution < -0.4 is 11.1 Å². The van der Waals surface area contributed by atoms with E-state index in [2.05, 4.69) is 21.2 Å². The largest absolute Gasteiger partial charge is 0.397 e. The van der Waals surface area contributed by atoms with Crippen molar-refractivity contribution in [1.29, 1.82) is 0 Å². The molecule has 0 aliphatic rings. The SMILES string of the molecule is CCOCCCNC(=O)c1sc2ccc(Br)cc2c1N. The van der Waals surface area contributed by atoms with Crippen molar-refractivity contribution in [3.05, 3.63) is 27.5 Å². The van der Waals surface area contributed by atoms with Crippen LogP contribution in [0.1, 0.15) is 23.0 Å². The number of benzene rings is 1. The van der Waals surface area contributed by atoms with Crippen LogP contribution >= 0.6 is 27.3 Å². The minimum absolute atomic E-state index is 0.115. The molecule has 0 saturated carbocycles. The summed E-state index contributed by atoms with van der Waals surface area (Å²) in [6.45, 7) is 3.91. The van der Waals surface area contributed by atoms with E-state index in [4.69, 9.17) is 10.5 Å². The molecule has 1 heterocycles. The van der Waals surface area contributed by atoms with Gasteiger partial charge in [-0.3, -0.25) is 4.79 Å². The number of carbonyl (C=O) groups excluding carboxylic acids is 1. The summed E-state index contributed by atoms with van der Waals surface area (Å²) in [4.78, 5) is 12.7. The maximum absolute atomic E-state index is 12.1. The molecule has 0 atom stereocenters. The molecule has 1 aromatic carbocycles. The lowest BCUT2D eigenvalue weighted by Gasteiger charge is -2.04. The van der Waals surface area contributed by atoms with Crippen LogP contribution in [0.5, 0.6) is 0 Å². The number of nitrogens with one attached hydrogen (secondary N) is 1. The first kappa shape index (κ1) is 15.3. The number of nitrogen functional groups attached to an aromatic ring is 1. The number of nitrogens with two attached hydrogens (primary N) is 1. The molecule has 0 fully saturated rings. The number of thiophene rings is 1. The highest BCUT2D eigenvalue weighted by Gasteiger charge is 2.15. The van der Waals surface area contributed by atoms with Gasteiger partial charge < -0.3 is 15.8 Å². The molecular formula is C14H17BrN2O2S. The van der Waals surface area contributed by atoms with Crippen molar-refractivity contribution in [2.24, 2.45) is 0 Å². The van der Waals surface area contributed by atoms with E-state index in [1.165, 1.54) is 11.3 Å². The number of rotatable bonds is 6. The van der Waals surface area contributed by atoms with E-state index in [-0.39, 0.29) is 5.91 Å². The third kappa shape index (κ3) is 3.50. The Labute approximate surface area is 130 Å². The third-order valence-corrected chi connectivity index (χ3v) is 4.53. The van der Waals surface area contributed by atoms with Crippen LogP contribution in [0, 0.1) is 0 Å². The van der Waals surface area contributed by atoms with E-state index in [1.807, 2.05) is 25.1 Å². The summed E-state index contributed by atoms with van der Waals surface area (Å²) in [5.74, 6) is -0.115. The van der Waals surface area contributed by atoms with E-state index in [1.54, 1.807) is 0 Å². The van der Waals surface area contributed by atoms with Crippen molar-refractivity contribution < 1.29 is 9.53 Å². The average molecular weight is 357 g/mol. The number of ether oxygens (including phenoxy) is 1. The second-order valence-electron chi connectivity index (χ2n) is 4.29. The lowest BCUT2D eigenvalue weighted by molar-refractivity contribution is 0.0949. The highest BCUT2D eigenvalue weighted by molar-refractivity contribution is 9.10. The Kier molecular flexibility index (Phi) is 5.39. The maximum atomic E-state index is 12.1. The molecular weight excluding hydrogens is 340 g/mol. The molecule has 2 rings (SSSR count). The molecule has 6 heteroatoms. The zero-order chi connectivity index (χ0) is 14.5. The summed E-state index contributed by atoms with van der Waals surface area (Å²) in [7, 11) is 0. The van der Waals surface area contributed by atoms with Gasteiger partial charge in [0, 0.05) is 34.3 Å². The summed E-state index contributed by atoms with van der Waals surface area (Å²) >= 11 is 4.83. The van der Waals surface area contributed by atoms with Crippen LogP contribution in [-0.2, 0) is 4.74 Å². The van der Waals surface area contributed by atoms with Crippen LogP contribution in [0.15, 0.2) is 22.7 Å². The summed E-state index contributed by atoms with van der Waals surface area (Å²) in [5, 5.41) is 3.79. The Morgan fingerprint density at radius 3 is 3.05 bits per heavy atom. The molecule has 0 aliphatic heterocycles. The van der Waals surface area contributed by atoms with Crippen LogP contribution in [0.3, 0.4) is 0 Å². The van der Waals surface area contributed by atoms with E-state index in [0.717, 1.165) is 21.0 Å². The van der Waals surface area contributed by atoms with Crippen LogP contribution in [0.25, 0.3) is 10.1 Å². The minimum Gasteiger partial charge on any atom is -0.397 e. The minimum atomic E-state index is -0.115. The monoisotopic (exact) mass is 356 g/mol. The molecule has 0 unspecified atom stereocenters. The molecule has 0 spiro atoms. The molecule has 4 nitrogen and oxygen atoms in total. The number of carbonyl (C=O) groups is 1. The topological polar surface area (TPSA) is 64.3 Å². The normalized spacial score (nSPS) is 10.9. The smallest absolute Gasteiger partial charge is 0.263 e. The van der Waals surface area contributed by atoms with Crippen LogP contribution in [0.4, 0.5) is 5.69 Å². The maximum Gasteiger partial charge on any atom is 0.263 e. The number of fused-ring (bicyclic) bond motifs is 1. The van der Waals surface area contributed by atoms with E-state index in [0.29, 0.717) is 30.3 Å². The fourth-order valence-corrected chi connectivity index (χ4v) is 3.24. The fourth-order valence-electron chi connectivity index (χ4n) is 1.86. The summed E-state index contributed by atoms with van der Waals surface area (Å²) in [6.07, 6.45) is 0.802. The predicted molar refractivity (Wildman–Crippen MR) is 87.4 cm³/mol. The van der Waals surface area contributed by atoms with Gasteiger partial charge in [-0.05, 0) is 31.5 Å². The van der Waals surface area contributed by atoms with Gasteiger partial charge in [-0.15, -0.1) is 11.3 Å². The van der Waals surface area contributed by atoms with Crippen molar-refractivity contribution in [2.75, 3.05) is 25.5 Å². The zero-order valence-corrected chi connectivity index (χ0v) is 13.6. The lowest BCUT2D eigenvalue weighted by atomic mass is 10.2. The Morgan fingerprint density at radius 2 is 2.30 bits per heavy atom. The van der Waals surface area contributed by atoms with Crippen molar-refractivity contribution in [3.8, 4) is 0 Å². The predicted octanol–water partition coefficient (Wildman–Crippen LogP) is 3.40. The Morgan fingerprint density at radius 1 is 1.50 bits per heavy atom. The van der Waals surface area contributed by atoms with Crippen LogP contribution in [-0.4, -0.2) is 25.7 Å². The average Bonchev–Trinajstić information content (AvgIpc) is 2.76. The number of halogens is 1. The van der Waals surface area contributed by atoms with E-state index < -0.39 is 0 Å². The van der Waals surface area contributed by atoms with Gasteiger partial charge in [0.05, 0.1) is 5.69 Å². The summed E-state index contributed by atoms with van der Waals surface area (Å²) in [5.41, 5.74) is 6.61. The number of amides is 1. The van der Waals surface area contributed by atoms with Gasteiger partial charge in [0.15, 0.2) is 0 Å². The van der Waals surface area contributed by atoms with Crippen molar-refractivity contribution in [1.82, 2.24) is 5.32 Å². The molecule has 1 aromatic heterocycles. The standard InChI is InChI=1S/C14H17BrN2O2S/c1-2-19-7-3-6-17-14(18)13-12(16)10-8-9(15)4-5-11(10)20-13/h4-5,8H,2-3,6-7,16H2,1H3,(H,17,18). The second kappa shape index (κ2) is 7.06. The molecule has 3 N–H and O–H groups in total. The molecule has 0 saturated heterocycles. The molecule has 2 aromatic rings. The number of hydrogen-bond donors (Lipinski definition) is 2. The van der Waals surface area contributed by atoms with Gasteiger partial charge >= 0.3 is 0 Å². The van der Waals surface area contributed by atoms with E-state index in [9.17, 15) is 4.79 Å². The lowest BCUT2D eigenvalue weighted by Crippen LogP contribution is -2.25. The quantitative estimate of drug-likeness (QED) is 0.779. The Bertz CT molecular complexity index is 612. The first-order valence-corrected chi connectivity index (χ1v) is 8.08. The Hall–Kier alpha value is -1.11. The first-order chi connectivity index (χ1) is 9.63. The fraction of sp³-hybridized carbons (Fsp3) is 0.357. The van der Waals surface area contributed by atoms with Gasteiger partial charge in [0.1, 0.15) is 4.88 Å². The number of hydrogen-bond acceptors (Lipinski definition) is 4. The molecule has 0 radical (unpaired) electrons. The highest BCUT2D eigenvalue weighted by Crippen LogP contribution is 2.35. The van der Waals surface area contributed by atoms with Gasteiger partial charge in [-0.1, -0.05) is 15.9 Å². The highest BCUT2D eigenvalue weighted by atomic mass is 79.9. The zero-order valence-electron chi connectivity index (χ0n) is 11.2. The van der Waals surface area contributed by atoms with E-state index >= 15 is 0 Å². The molecule has 20 heavy (non-hydrogen) atoms. The van der Waals surface area contributed by atoms with Gasteiger partial charge in [0.2, 0.25) is 0 Å². The molecule has 108 valence electrons. The van der Waals surface area contributed by atoms with Crippen LogP contribution in [0.2, 0.25) is 0 Å². The Balaban J connectivity index is 2.05.